The highest BCUT2D eigenvalue weighted by molar-refractivity contribution is 6.15. The molecule has 2 aromatic heterocycles. The normalized spacial score (nSPS) is 11.8. The molecule has 6 rings (SSSR count). The zero-order valence-electron chi connectivity index (χ0n) is 17.2. The molecular weight excluding hydrogens is 368 g/mol. The van der Waals surface area contributed by atoms with E-state index in [1.54, 1.807) is 6.33 Å². The topological polar surface area (TPSA) is 38.9 Å². The number of aromatic nitrogens is 2. The Kier molecular flexibility index (Phi) is 3.51. The van der Waals surface area contributed by atoms with Crippen LogP contribution in [0.3, 0.4) is 0 Å². The Bertz CT molecular complexity index is 1630. The van der Waals surface area contributed by atoms with Crippen molar-refractivity contribution in [1.29, 1.82) is 0 Å². The molecule has 3 heteroatoms. The second kappa shape index (κ2) is 6.14. The van der Waals surface area contributed by atoms with Gasteiger partial charge in [-0.25, -0.2) is 9.97 Å². The number of benzene rings is 4. The van der Waals surface area contributed by atoms with Gasteiger partial charge in [-0.05, 0) is 66.3 Å². The molecule has 0 aliphatic rings. The summed E-state index contributed by atoms with van der Waals surface area (Å²) in [7, 11) is 0. The van der Waals surface area contributed by atoms with Gasteiger partial charge in [0.25, 0.3) is 0 Å². The largest absolute Gasteiger partial charge is 0.451 e. The van der Waals surface area contributed by atoms with Gasteiger partial charge in [0.15, 0.2) is 5.58 Å². The molecule has 0 amide bonds. The average molecular weight is 388 g/mol. The molecule has 4 aromatic carbocycles. The van der Waals surface area contributed by atoms with Crippen LogP contribution in [0.25, 0.3) is 54.9 Å². The van der Waals surface area contributed by atoms with Gasteiger partial charge in [-0.15, -0.1) is 0 Å². The van der Waals surface area contributed by atoms with E-state index < -0.39 is 0 Å². The van der Waals surface area contributed by atoms with Crippen molar-refractivity contribution in [3.63, 3.8) is 0 Å². The maximum absolute atomic E-state index is 6.43. The zero-order chi connectivity index (χ0) is 20.4. The molecule has 0 fully saturated rings. The van der Waals surface area contributed by atoms with Crippen LogP contribution in [0.1, 0.15) is 16.7 Å². The van der Waals surface area contributed by atoms with Crippen LogP contribution in [0.5, 0.6) is 0 Å². The molecule has 0 bridgehead atoms. The van der Waals surface area contributed by atoms with Crippen molar-refractivity contribution in [3.05, 3.63) is 83.7 Å². The molecule has 0 aliphatic carbocycles. The van der Waals surface area contributed by atoms with Gasteiger partial charge in [0.05, 0.1) is 0 Å². The molecule has 0 saturated carbocycles. The zero-order valence-corrected chi connectivity index (χ0v) is 17.2. The third-order valence-electron chi connectivity index (χ3n) is 6.00. The standard InChI is InChI=1S/C27H20N2O/c1-15-10-16(2)23-17(3)12-20(13-19(23)11-15)24-27-25(29-14-28-24)22-9-8-18-6-4-5-7-21(18)26(22)30-27/h4-14H,1-3H3. The van der Waals surface area contributed by atoms with Crippen LogP contribution in [-0.2, 0) is 0 Å². The van der Waals surface area contributed by atoms with E-state index in [-0.39, 0.29) is 0 Å². The lowest BCUT2D eigenvalue weighted by atomic mass is 9.95. The Morgan fingerprint density at radius 1 is 0.700 bits per heavy atom. The summed E-state index contributed by atoms with van der Waals surface area (Å²) < 4.78 is 6.43. The lowest BCUT2D eigenvalue weighted by molar-refractivity contribution is 0.671. The lowest BCUT2D eigenvalue weighted by Crippen LogP contribution is -1.91. The number of nitrogens with zero attached hydrogens (tertiary/aromatic N) is 2. The van der Waals surface area contributed by atoms with Crippen molar-refractivity contribution in [2.45, 2.75) is 20.8 Å². The van der Waals surface area contributed by atoms with E-state index in [1.165, 1.54) is 27.5 Å². The summed E-state index contributed by atoms with van der Waals surface area (Å²) in [6.07, 6.45) is 1.64. The molecule has 30 heavy (non-hydrogen) atoms. The number of aryl methyl sites for hydroxylation is 3. The van der Waals surface area contributed by atoms with Gasteiger partial charge in [-0.2, -0.15) is 0 Å². The molecular formula is C27H20N2O. The number of hydrogen-bond acceptors (Lipinski definition) is 3. The number of furan rings is 1. The van der Waals surface area contributed by atoms with E-state index in [1.807, 2.05) is 12.1 Å². The number of rotatable bonds is 1. The fourth-order valence-electron chi connectivity index (χ4n) is 4.81. The van der Waals surface area contributed by atoms with Crippen molar-refractivity contribution >= 4 is 43.6 Å². The minimum absolute atomic E-state index is 0.743. The highest BCUT2D eigenvalue weighted by atomic mass is 16.3. The van der Waals surface area contributed by atoms with Crippen molar-refractivity contribution in [3.8, 4) is 11.3 Å². The summed E-state index contributed by atoms with van der Waals surface area (Å²) in [6.45, 7) is 6.48. The number of hydrogen-bond donors (Lipinski definition) is 0. The first-order valence-corrected chi connectivity index (χ1v) is 10.2. The van der Waals surface area contributed by atoms with Gasteiger partial charge in [-0.3, -0.25) is 0 Å². The first-order chi connectivity index (χ1) is 14.6. The molecule has 144 valence electrons. The Morgan fingerprint density at radius 2 is 1.53 bits per heavy atom. The van der Waals surface area contributed by atoms with Crippen LogP contribution < -0.4 is 0 Å². The van der Waals surface area contributed by atoms with E-state index in [2.05, 4.69) is 79.3 Å². The van der Waals surface area contributed by atoms with Gasteiger partial charge in [0.1, 0.15) is 23.1 Å². The van der Waals surface area contributed by atoms with E-state index in [9.17, 15) is 0 Å². The third-order valence-corrected chi connectivity index (χ3v) is 6.00. The van der Waals surface area contributed by atoms with E-state index >= 15 is 0 Å². The lowest BCUT2D eigenvalue weighted by Gasteiger charge is -2.11. The smallest absolute Gasteiger partial charge is 0.180 e. The average Bonchev–Trinajstić information content (AvgIpc) is 3.12. The third kappa shape index (κ3) is 2.38. The summed E-state index contributed by atoms with van der Waals surface area (Å²) in [4.78, 5) is 9.21. The van der Waals surface area contributed by atoms with Crippen molar-refractivity contribution in [1.82, 2.24) is 9.97 Å². The summed E-state index contributed by atoms with van der Waals surface area (Å²) >= 11 is 0. The van der Waals surface area contributed by atoms with Crippen LogP contribution >= 0.6 is 0 Å². The molecule has 0 unspecified atom stereocenters. The fourth-order valence-corrected chi connectivity index (χ4v) is 4.81. The van der Waals surface area contributed by atoms with Gasteiger partial charge in [0.2, 0.25) is 0 Å². The second-order valence-corrected chi connectivity index (χ2v) is 8.14. The van der Waals surface area contributed by atoms with Gasteiger partial charge >= 0.3 is 0 Å². The van der Waals surface area contributed by atoms with Crippen LogP contribution in [0, 0.1) is 20.8 Å². The molecule has 0 aliphatic heterocycles. The Morgan fingerprint density at radius 3 is 2.43 bits per heavy atom. The molecule has 0 saturated heterocycles. The first kappa shape index (κ1) is 17.2. The highest BCUT2D eigenvalue weighted by Gasteiger charge is 2.17. The monoisotopic (exact) mass is 388 g/mol. The fraction of sp³-hybridized carbons (Fsp3) is 0.111. The maximum atomic E-state index is 6.43. The minimum Gasteiger partial charge on any atom is -0.451 e. The van der Waals surface area contributed by atoms with Crippen molar-refractivity contribution in [2.24, 2.45) is 0 Å². The maximum Gasteiger partial charge on any atom is 0.180 e. The van der Waals surface area contributed by atoms with Crippen molar-refractivity contribution < 1.29 is 4.42 Å². The van der Waals surface area contributed by atoms with E-state index in [4.69, 9.17) is 4.42 Å². The van der Waals surface area contributed by atoms with Gasteiger partial charge in [0, 0.05) is 16.3 Å². The first-order valence-electron chi connectivity index (χ1n) is 10.2. The predicted octanol–water partition coefficient (Wildman–Crippen LogP) is 7.27. The van der Waals surface area contributed by atoms with Crippen LogP contribution in [0.2, 0.25) is 0 Å². The van der Waals surface area contributed by atoms with Gasteiger partial charge < -0.3 is 4.42 Å². The quantitative estimate of drug-likeness (QED) is 0.297. The van der Waals surface area contributed by atoms with Crippen LogP contribution in [-0.4, -0.2) is 9.97 Å². The molecule has 0 N–H and O–H groups in total. The van der Waals surface area contributed by atoms with Crippen LogP contribution in [0.15, 0.2) is 71.4 Å². The summed E-state index contributed by atoms with van der Waals surface area (Å²) in [5.74, 6) is 0. The minimum atomic E-state index is 0.743. The summed E-state index contributed by atoms with van der Waals surface area (Å²) in [5.41, 5.74) is 8.18. The van der Waals surface area contributed by atoms with Crippen LogP contribution in [0.4, 0.5) is 0 Å². The Labute approximate surface area is 174 Å². The Hall–Kier alpha value is -3.72. The van der Waals surface area contributed by atoms with Gasteiger partial charge in [-0.1, -0.05) is 48.0 Å². The summed E-state index contributed by atoms with van der Waals surface area (Å²) in [6, 6.07) is 21.4. The molecule has 2 heterocycles. The second-order valence-electron chi connectivity index (χ2n) is 8.14. The highest BCUT2D eigenvalue weighted by Crippen LogP contribution is 2.38. The van der Waals surface area contributed by atoms with Crippen molar-refractivity contribution in [2.75, 3.05) is 0 Å². The SMILES string of the molecule is Cc1cc(C)c2c(C)cc(-c3ncnc4c3oc3c5ccccc5ccc43)cc2c1. The molecule has 0 radical (unpaired) electrons. The Balaban J connectivity index is 1.70. The van der Waals surface area contributed by atoms with E-state index in [0.717, 1.165) is 44.1 Å². The summed E-state index contributed by atoms with van der Waals surface area (Å²) in [5, 5.41) is 5.82. The molecule has 3 nitrogen and oxygen atoms in total. The molecule has 0 spiro atoms. The molecule has 0 atom stereocenters. The molecule has 6 aromatic rings. The predicted molar refractivity (Wildman–Crippen MR) is 124 cm³/mol. The number of fused-ring (bicyclic) bond motifs is 6. The van der Waals surface area contributed by atoms with E-state index in [0.29, 0.717) is 0 Å².